The Bertz CT molecular complexity index is 901. The first kappa shape index (κ1) is 18.0. The van der Waals surface area contributed by atoms with Crippen molar-refractivity contribution in [2.24, 2.45) is 5.10 Å². The van der Waals surface area contributed by atoms with Crippen molar-refractivity contribution in [2.45, 2.75) is 26.8 Å². The van der Waals surface area contributed by atoms with Crippen LogP contribution in [-0.4, -0.2) is 22.8 Å². The van der Waals surface area contributed by atoms with Gasteiger partial charge in [-0.05, 0) is 56.7 Å². The zero-order valence-corrected chi connectivity index (χ0v) is 15.7. The molecule has 2 aromatic rings. The molecule has 2 aromatic carbocycles. The average Bonchev–Trinajstić information content (AvgIpc) is 2.71. The van der Waals surface area contributed by atoms with Gasteiger partial charge in [-0.1, -0.05) is 29.8 Å². The topological polar surface area (TPSA) is 70.7 Å². The highest BCUT2D eigenvalue weighted by Crippen LogP contribution is 2.27. The molecule has 0 atom stereocenters. The van der Waals surface area contributed by atoms with Gasteiger partial charge in [0, 0.05) is 33.6 Å². The number of hydrazone groups is 1. The number of hydrogen-bond acceptors (Lipinski definition) is 3. The van der Waals surface area contributed by atoms with Gasteiger partial charge in [-0.25, -0.2) is 4.79 Å². The Morgan fingerprint density at radius 3 is 2.54 bits per heavy atom. The van der Waals surface area contributed by atoms with Crippen LogP contribution in [0.2, 0.25) is 5.02 Å². The molecule has 0 saturated carbocycles. The lowest BCUT2D eigenvalue weighted by Crippen LogP contribution is -2.39. The predicted octanol–water partition coefficient (Wildman–Crippen LogP) is 4.47. The SMILES string of the molecule is CC1=Cc2ccc(Cl)cc2C(c2ccc(N)cc2)=NN1C(=O)NC(C)C. The summed E-state index contributed by atoms with van der Waals surface area (Å²) >= 11 is 6.22. The monoisotopic (exact) mass is 368 g/mol. The number of halogens is 1. The Balaban J connectivity index is 2.18. The van der Waals surface area contributed by atoms with Crippen molar-refractivity contribution in [3.8, 4) is 0 Å². The first-order valence-corrected chi connectivity index (χ1v) is 8.76. The lowest BCUT2D eigenvalue weighted by atomic mass is 9.97. The highest BCUT2D eigenvalue weighted by atomic mass is 35.5. The van der Waals surface area contributed by atoms with Gasteiger partial charge in [-0.2, -0.15) is 10.1 Å². The Kier molecular flexibility index (Phi) is 5.00. The van der Waals surface area contributed by atoms with Crippen LogP contribution in [0.4, 0.5) is 10.5 Å². The van der Waals surface area contributed by atoms with Crippen LogP contribution in [-0.2, 0) is 0 Å². The molecule has 5 nitrogen and oxygen atoms in total. The van der Waals surface area contributed by atoms with E-state index in [0.717, 1.165) is 22.4 Å². The number of fused-ring (bicyclic) bond motifs is 1. The minimum atomic E-state index is -0.277. The van der Waals surface area contributed by atoms with E-state index in [2.05, 4.69) is 10.4 Å². The number of amides is 2. The normalized spacial score (nSPS) is 13.7. The van der Waals surface area contributed by atoms with Gasteiger partial charge in [0.1, 0.15) is 0 Å². The van der Waals surface area contributed by atoms with E-state index in [9.17, 15) is 4.79 Å². The van der Waals surface area contributed by atoms with Gasteiger partial charge in [0.15, 0.2) is 0 Å². The van der Waals surface area contributed by atoms with Crippen molar-refractivity contribution in [3.05, 3.63) is 69.9 Å². The van der Waals surface area contributed by atoms with E-state index < -0.39 is 0 Å². The second-order valence-electron chi connectivity index (χ2n) is 6.50. The summed E-state index contributed by atoms with van der Waals surface area (Å²) in [6.07, 6.45) is 1.93. The van der Waals surface area contributed by atoms with Crippen molar-refractivity contribution in [2.75, 3.05) is 5.73 Å². The summed E-state index contributed by atoms with van der Waals surface area (Å²) in [4.78, 5) is 12.6. The van der Waals surface area contributed by atoms with Crippen molar-refractivity contribution in [1.29, 1.82) is 0 Å². The summed E-state index contributed by atoms with van der Waals surface area (Å²) in [6, 6.07) is 12.7. The van der Waals surface area contributed by atoms with E-state index >= 15 is 0 Å². The third-order valence-corrected chi connectivity index (χ3v) is 4.19. The molecule has 2 amide bonds. The Morgan fingerprint density at radius 2 is 1.88 bits per heavy atom. The first-order valence-electron chi connectivity index (χ1n) is 8.38. The van der Waals surface area contributed by atoms with Crippen molar-refractivity contribution in [3.63, 3.8) is 0 Å². The number of benzene rings is 2. The number of nitrogens with one attached hydrogen (secondary N) is 1. The predicted molar refractivity (Wildman–Crippen MR) is 107 cm³/mol. The van der Waals surface area contributed by atoms with E-state index in [1.54, 1.807) is 0 Å². The van der Waals surface area contributed by atoms with E-state index in [1.807, 2.05) is 69.3 Å². The molecule has 0 bridgehead atoms. The number of carbonyl (C=O) groups is 1. The fourth-order valence-electron chi connectivity index (χ4n) is 2.75. The quantitative estimate of drug-likeness (QED) is 0.768. The van der Waals surface area contributed by atoms with E-state index in [1.165, 1.54) is 5.01 Å². The van der Waals surface area contributed by atoms with Crippen LogP contribution in [0.3, 0.4) is 0 Å². The van der Waals surface area contributed by atoms with Crippen LogP contribution in [0, 0.1) is 0 Å². The molecule has 0 saturated heterocycles. The Hall–Kier alpha value is -2.79. The molecule has 0 aliphatic carbocycles. The fraction of sp³-hybridized carbons (Fsp3) is 0.200. The first-order chi connectivity index (χ1) is 12.3. The molecule has 0 unspecified atom stereocenters. The van der Waals surface area contributed by atoms with Gasteiger partial charge in [-0.15, -0.1) is 0 Å². The molecule has 3 rings (SSSR count). The molecule has 134 valence electrons. The number of hydrogen-bond donors (Lipinski definition) is 2. The van der Waals surface area contributed by atoms with Gasteiger partial charge in [0.05, 0.1) is 5.71 Å². The number of carbonyl (C=O) groups excluding carboxylic acids is 1. The molecule has 1 aliphatic heterocycles. The van der Waals surface area contributed by atoms with E-state index in [-0.39, 0.29) is 12.1 Å². The number of rotatable bonds is 2. The molecule has 1 heterocycles. The fourth-order valence-corrected chi connectivity index (χ4v) is 2.92. The largest absolute Gasteiger partial charge is 0.399 e. The molecular formula is C20H21ClN4O. The summed E-state index contributed by atoms with van der Waals surface area (Å²) in [5.74, 6) is 0. The second kappa shape index (κ2) is 7.22. The number of nitrogen functional groups attached to an aromatic ring is 1. The van der Waals surface area contributed by atoms with Crippen molar-refractivity contribution >= 4 is 35.1 Å². The molecule has 1 aliphatic rings. The van der Waals surface area contributed by atoms with Crippen LogP contribution in [0.5, 0.6) is 0 Å². The van der Waals surface area contributed by atoms with Gasteiger partial charge in [0.2, 0.25) is 0 Å². The number of urea groups is 1. The lowest BCUT2D eigenvalue weighted by molar-refractivity contribution is 0.210. The second-order valence-corrected chi connectivity index (χ2v) is 6.94. The molecule has 0 radical (unpaired) electrons. The summed E-state index contributed by atoms with van der Waals surface area (Å²) in [5, 5.41) is 9.54. The smallest absolute Gasteiger partial charge is 0.342 e. The van der Waals surface area contributed by atoms with Crippen molar-refractivity contribution < 1.29 is 4.79 Å². The minimum absolute atomic E-state index is 0.00514. The Labute approximate surface area is 158 Å². The highest BCUT2D eigenvalue weighted by Gasteiger charge is 2.23. The number of nitrogens with zero attached hydrogens (tertiary/aromatic N) is 2. The highest BCUT2D eigenvalue weighted by molar-refractivity contribution is 6.31. The van der Waals surface area contributed by atoms with E-state index in [0.29, 0.717) is 16.4 Å². The maximum absolute atomic E-state index is 12.6. The van der Waals surface area contributed by atoms with Crippen LogP contribution in [0.15, 0.2) is 53.3 Å². The van der Waals surface area contributed by atoms with Gasteiger partial charge >= 0.3 is 6.03 Å². The summed E-state index contributed by atoms with van der Waals surface area (Å²) < 4.78 is 0. The Morgan fingerprint density at radius 1 is 1.19 bits per heavy atom. The van der Waals surface area contributed by atoms with Crippen molar-refractivity contribution in [1.82, 2.24) is 10.3 Å². The third kappa shape index (κ3) is 3.73. The molecule has 0 spiro atoms. The molecule has 0 fully saturated rings. The number of anilines is 1. The average molecular weight is 369 g/mol. The maximum atomic E-state index is 12.6. The molecular weight excluding hydrogens is 348 g/mol. The summed E-state index contributed by atoms with van der Waals surface area (Å²) in [5.41, 5.74) is 10.5. The van der Waals surface area contributed by atoms with Crippen LogP contribution in [0.25, 0.3) is 6.08 Å². The van der Waals surface area contributed by atoms with E-state index in [4.69, 9.17) is 17.3 Å². The standard InChI is InChI=1S/C20H21ClN4O/c1-12(2)23-20(26)25-13(3)10-15-4-7-16(21)11-18(15)19(24-25)14-5-8-17(22)9-6-14/h4-12H,22H2,1-3H3,(H,23,26). The zero-order valence-electron chi connectivity index (χ0n) is 15.0. The summed E-state index contributed by atoms with van der Waals surface area (Å²) in [7, 11) is 0. The zero-order chi connectivity index (χ0) is 18.8. The molecule has 3 N–H and O–H groups in total. The minimum Gasteiger partial charge on any atom is -0.399 e. The number of nitrogens with two attached hydrogens (primary N) is 1. The van der Waals surface area contributed by atoms with Crippen LogP contribution < -0.4 is 11.1 Å². The van der Waals surface area contributed by atoms with Crippen LogP contribution in [0.1, 0.15) is 37.5 Å². The lowest BCUT2D eigenvalue weighted by Gasteiger charge is -2.20. The van der Waals surface area contributed by atoms with Gasteiger partial charge < -0.3 is 11.1 Å². The summed E-state index contributed by atoms with van der Waals surface area (Å²) in [6.45, 7) is 5.68. The molecule has 26 heavy (non-hydrogen) atoms. The van der Waals surface area contributed by atoms with Gasteiger partial charge in [-0.3, -0.25) is 0 Å². The molecule has 6 heteroatoms. The maximum Gasteiger partial charge on any atom is 0.342 e. The molecule has 0 aromatic heterocycles. The van der Waals surface area contributed by atoms with Crippen LogP contribution >= 0.6 is 11.6 Å². The number of allylic oxidation sites excluding steroid dienone is 1. The third-order valence-electron chi connectivity index (χ3n) is 3.96. The van der Waals surface area contributed by atoms with Gasteiger partial charge in [0.25, 0.3) is 0 Å².